The summed E-state index contributed by atoms with van der Waals surface area (Å²) in [6, 6.07) is 6.14. The largest absolute Gasteiger partial charge is 0.431 e. The van der Waals surface area contributed by atoms with Gasteiger partial charge in [-0.1, -0.05) is 23.7 Å². The van der Waals surface area contributed by atoms with E-state index >= 15 is 0 Å². The van der Waals surface area contributed by atoms with Gasteiger partial charge in [-0.3, -0.25) is 0 Å². The highest BCUT2D eigenvalue weighted by molar-refractivity contribution is 6.33. The predicted molar refractivity (Wildman–Crippen MR) is 73.0 cm³/mol. The zero-order valence-corrected chi connectivity index (χ0v) is 11.7. The Labute approximate surface area is 127 Å². The molecule has 1 aromatic carbocycles. The minimum absolute atomic E-state index is 0.0478. The second-order valence-corrected chi connectivity index (χ2v) is 5.00. The van der Waals surface area contributed by atoms with Gasteiger partial charge in [0.25, 0.3) is 0 Å². The highest BCUT2D eigenvalue weighted by atomic mass is 35.5. The average Bonchev–Trinajstić information content (AvgIpc) is 2.82. The number of aromatic nitrogens is 3. The molecule has 22 heavy (non-hydrogen) atoms. The molecule has 2 aromatic heterocycles. The van der Waals surface area contributed by atoms with Crippen molar-refractivity contribution in [3.8, 4) is 0 Å². The van der Waals surface area contributed by atoms with Crippen LogP contribution in [0.2, 0.25) is 5.15 Å². The maximum absolute atomic E-state index is 13.2. The van der Waals surface area contributed by atoms with Crippen molar-refractivity contribution in [2.75, 3.05) is 0 Å². The first-order valence-corrected chi connectivity index (χ1v) is 6.55. The maximum Gasteiger partial charge on any atom is 0.431 e. The molecule has 114 valence electrons. The number of hydrogen-bond donors (Lipinski definition) is 0. The van der Waals surface area contributed by atoms with Crippen molar-refractivity contribution in [1.29, 1.82) is 0 Å². The summed E-state index contributed by atoms with van der Waals surface area (Å²) in [6.07, 6.45) is -3.46. The van der Waals surface area contributed by atoms with Crippen LogP contribution in [-0.2, 0) is 12.7 Å². The van der Waals surface area contributed by atoms with Crippen LogP contribution in [-0.4, -0.2) is 14.5 Å². The molecule has 8 heteroatoms. The van der Waals surface area contributed by atoms with Gasteiger partial charge in [-0.15, -0.1) is 0 Å². The molecule has 0 atom stereocenters. The molecule has 0 aliphatic rings. The molecule has 0 aliphatic carbocycles. The first-order chi connectivity index (χ1) is 10.4. The number of rotatable bonds is 2. The van der Waals surface area contributed by atoms with Crippen LogP contribution in [0.15, 0.2) is 36.7 Å². The predicted octanol–water partition coefficient (Wildman–Crippen LogP) is 4.29. The van der Waals surface area contributed by atoms with Gasteiger partial charge < -0.3 is 4.57 Å². The Bertz CT molecular complexity index is 824. The van der Waals surface area contributed by atoms with E-state index in [0.717, 1.165) is 17.0 Å². The topological polar surface area (TPSA) is 30.7 Å². The first-order valence-electron chi connectivity index (χ1n) is 6.17. The fourth-order valence-corrected chi connectivity index (χ4v) is 2.38. The first kappa shape index (κ1) is 14.8. The van der Waals surface area contributed by atoms with Gasteiger partial charge in [-0.25, -0.2) is 14.4 Å². The summed E-state index contributed by atoms with van der Waals surface area (Å²) < 4.78 is 53.6. The van der Waals surface area contributed by atoms with Gasteiger partial charge in [0.15, 0.2) is 0 Å². The van der Waals surface area contributed by atoms with Crippen LogP contribution >= 0.6 is 11.6 Å². The zero-order valence-electron chi connectivity index (χ0n) is 10.9. The van der Waals surface area contributed by atoms with E-state index in [1.54, 1.807) is 0 Å². The summed E-state index contributed by atoms with van der Waals surface area (Å²) >= 11 is 5.83. The average molecular weight is 330 g/mol. The maximum atomic E-state index is 13.2. The lowest BCUT2D eigenvalue weighted by Crippen LogP contribution is -2.14. The Balaban J connectivity index is 2.17. The van der Waals surface area contributed by atoms with Crippen LogP contribution in [0, 0.1) is 5.82 Å². The summed E-state index contributed by atoms with van der Waals surface area (Å²) in [5, 5.41) is 0.0759. The Kier molecular flexibility index (Phi) is 3.52. The molecule has 0 saturated carbocycles. The zero-order chi connectivity index (χ0) is 15.9. The molecule has 0 unspecified atom stereocenters. The second kappa shape index (κ2) is 5.24. The highest BCUT2D eigenvalue weighted by Gasteiger charge is 2.36. The molecule has 3 rings (SSSR count). The minimum Gasteiger partial charge on any atom is -0.317 e. The summed E-state index contributed by atoms with van der Waals surface area (Å²) in [6.45, 7) is -0.105. The Hall–Kier alpha value is -2.15. The van der Waals surface area contributed by atoms with Crippen molar-refractivity contribution in [2.45, 2.75) is 12.7 Å². The monoisotopic (exact) mass is 329 g/mol. The number of halogens is 5. The van der Waals surface area contributed by atoms with Crippen LogP contribution in [0.4, 0.5) is 17.6 Å². The molecule has 3 nitrogen and oxygen atoms in total. The summed E-state index contributed by atoms with van der Waals surface area (Å²) in [5.41, 5.74) is -0.287. The van der Waals surface area contributed by atoms with Gasteiger partial charge in [-0.05, 0) is 23.8 Å². The van der Waals surface area contributed by atoms with Gasteiger partial charge in [0.05, 0.1) is 5.39 Å². The highest BCUT2D eigenvalue weighted by Crippen LogP contribution is 2.35. The van der Waals surface area contributed by atoms with Crippen LogP contribution < -0.4 is 0 Å². The number of fused-ring (bicyclic) bond motifs is 1. The molecule has 0 aliphatic heterocycles. The van der Waals surface area contributed by atoms with Crippen molar-refractivity contribution < 1.29 is 17.6 Å². The minimum atomic E-state index is -4.57. The van der Waals surface area contributed by atoms with Crippen molar-refractivity contribution in [3.63, 3.8) is 0 Å². The van der Waals surface area contributed by atoms with E-state index in [2.05, 4.69) is 9.97 Å². The molecule has 0 spiro atoms. The van der Waals surface area contributed by atoms with Crippen LogP contribution in [0.3, 0.4) is 0 Å². The third kappa shape index (κ3) is 2.64. The van der Waals surface area contributed by atoms with Gasteiger partial charge in [0.2, 0.25) is 0 Å². The van der Waals surface area contributed by atoms with Gasteiger partial charge in [-0.2, -0.15) is 13.2 Å². The fourth-order valence-electron chi connectivity index (χ4n) is 2.20. The quantitative estimate of drug-likeness (QED) is 0.518. The van der Waals surface area contributed by atoms with Crippen LogP contribution in [0.1, 0.15) is 11.3 Å². The van der Waals surface area contributed by atoms with Crippen molar-refractivity contribution in [3.05, 3.63) is 58.9 Å². The Morgan fingerprint density at radius 3 is 2.41 bits per heavy atom. The molecule has 0 radical (unpaired) electrons. The van der Waals surface area contributed by atoms with E-state index in [1.807, 2.05) is 0 Å². The third-order valence-corrected chi connectivity index (χ3v) is 3.49. The summed E-state index contributed by atoms with van der Waals surface area (Å²) in [7, 11) is 0. The Morgan fingerprint density at radius 2 is 1.77 bits per heavy atom. The SMILES string of the molecule is Fc1ccc(Cn2c(C(F)(F)F)cc3c(Cl)ncnc32)cc1. The lowest BCUT2D eigenvalue weighted by molar-refractivity contribution is -0.143. The third-order valence-electron chi connectivity index (χ3n) is 3.19. The van der Waals surface area contributed by atoms with Gasteiger partial charge in [0, 0.05) is 6.54 Å². The molecule has 0 amide bonds. The van der Waals surface area contributed by atoms with E-state index < -0.39 is 17.7 Å². The van der Waals surface area contributed by atoms with E-state index in [1.165, 1.54) is 24.3 Å². The lowest BCUT2D eigenvalue weighted by atomic mass is 10.2. The number of alkyl halides is 3. The van der Waals surface area contributed by atoms with E-state index in [0.29, 0.717) is 5.56 Å². The number of nitrogens with zero attached hydrogens (tertiary/aromatic N) is 3. The number of hydrogen-bond acceptors (Lipinski definition) is 2. The molecule has 0 bridgehead atoms. The molecule has 0 N–H and O–H groups in total. The van der Waals surface area contributed by atoms with Crippen LogP contribution in [0.25, 0.3) is 11.0 Å². The smallest absolute Gasteiger partial charge is 0.317 e. The van der Waals surface area contributed by atoms with Crippen molar-refractivity contribution in [2.24, 2.45) is 0 Å². The lowest BCUT2D eigenvalue weighted by Gasteiger charge is -2.12. The van der Waals surface area contributed by atoms with Gasteiger partial charge >= 0.3 is 6.18 Å². The standard InChI is InChI=1S/C14H8ClF4N3/c15-12-10-5-11(14(17,18)19)22(13(10)21-7-20-12)6-8-1-3-9(16)4-2-8/h1-5,7H,6H2. The number of benzene rings is 1. The van der Waals surface area contributed by atoms with E-state index in [-0.39, 0.29) is 22.7 Å². The summed E-state index contributed by atoms with van der Waals surface area (Å²) in [5.74, 6) is -0.456. The van der Waals surface area contributed by atoms with Crippen molar-refractivity contribution in [1.82, 2.24) is 14.5 Å². The van der Waals surface area contributed by atoms with E-state index in [9.17, 15) is 17.6 Å². The van der Waals surface area contributed by atoms with Gasteiger partial charge in [0.1, 0.15) is 28.6 Å². The summed E-state index contributed by atoms with van der Waals surface area (Å²) in [4.78, 5) is 7.57. The van der Waals surface area contributed by atoms with Crippen LogP contribution in [0.5, 0.6) is 0 Å². The second-order valence-electron chi connectivity index (χ2n) is 4.64. The normalized spacial score (nSPS) is 12.0. The molecule has 0 saturated heterocycles. The van der Waals surface area contributed by atoms with E-state index in [4.69, 9.17) is 11.6 Å². The molecule has 3 aromatic rings. The van der Waals surface area contributed by atoms with Crippen molar-refractivity contribution >= 4 is 22.6 Å². The molecule has 2 heterocycles. The molecular weight excluding hydrogens is 322 g/mol. The molecular formula is C14H8ClF4N3. The molecule has 0 fully saturated rings. The fraction of sp³-hybridized carbons (Fsp3) is 0.143. The Morgan fingerprint density at radius 1 is 1.09 bits per heavy atom.